The molecule has 5 rings (SSSR count). The smallest absolute Gasteiger partial charge is 0.296 e. The molecule has 1 N–H and O–H groups in total. The summed E-state index contributed by atoms with van der Waals surface area (Å²) in [5.74, 6) is 1.06. The van der Waals surface area contributed by atoms with Gasteiger partial charge in [-0.3, -0.25) is 4.98 Å². The minimum Gasteiger partial charge on any atom is -0.393 e. The summed E-state index contributed by atoms with van der Waals surface area (Å²) in [6.07, 6.45) is 15.6. The molecule has 2 fully saturated rings. The summed E-state index contributed by atoms with van der Waals surface area (Å²) in [4.78, 5) is 9.07. The van der Waals surface area contributed by atoms with Crippen molar-refractivity contribution in [1.82, 2.24) is 4.98 Å². The number of allylic oxidation sites excluding steroid dienone is 1. The molecule has 4 aliphatic carbocycles. The number of aliphatic hydroxyl groups excluding tert-OH is 1. The standard InChI is InChI=1S/C25H31N2O/c1-23-11-8-19(28)15-18(23)6-7-22-21(23)9-12-24(2)20(10-13-25(22,24)26-3)17-5-4-14-27-16-17/h3-6,10,14,16,19,21-22,28H,7-9,11-13,15H2,1-2H3/q+1/t19-,21-,22+,23-,24+,25+/m0/s1. The zero-order valence-electron chi connectivity index (χ0n) is 17.1. The van der Waals surface area contributed by atoms with Gasteiger partial charge in [-0.05, 0) is 74.0 Å². The second kappa shape index (κ2) is 6.04. The molecule has 0 aromatic carbocycles. The third kappa shape index (κ3) is 2.16. The van der Waals surface area contributed by atoms with Gasteiger partial charge in [0.15, 0.2) is 0 Å². The van der Waals surface area contributed by atoms with Crippen molar-refractivity contribution in [2.45, 2.75) is 70.4 Å². The Morgan fingerprint density at radius 1 is 1.18 bits per heavy atom. The highest BCUT2D eigenvalue weighted by Gasteiger charge is 2.71. The molecule has 0 aliphatic heterocycles. The molecule has 1 heterocycles. The van der Waals surface area contributed by atoms with E-state index < -0.39 is 0 Å². The van der Waals surface area contributed by atoms with Crippen molar-refractivity contribution >= 4 is 5.57 Å². The molecule has 0 amide bonds. The Balaban J connectivity index is 1.57. The highest BCUT2D eigenvalue weighted by Crippen LogP contribution is 2.69. The molecule has 0 radical (unpaired) electrons. The first-order valence-electron chi connectivity index (χ1n) is 10.9. The van der Waals surface area contributed by atoms with Crippen LogP contribution < -0.4 is 0 Å². The number of aromatic nitrogens is 1. The van der Waals surface area contributed by atoms with Crippen LogP contribution in [0.1, 0.15) is 64.4 Å². The van der Waals surface area contributed by atoms with Crippen molar-refractivity contribution in [3.05, 3.63) is 52.7 Å². The number of fused-ring (bicyclic) bond motifs is 5. The van der Waals surface area contributed by atoms with Crippen LogP contribution in [-0.4, -0.2) is 21.7 Å². The predicted octanol–water partition coefficient (Wildman–Crippen LogP) is 5.48. The first kappa shape index (κ1) is 18.1. The molecule has 146 valence electrons. The molecule has 6 atom stereocenters. The van der Waals surface area contributed by atoms with Crippen LogP contribution in [0, 0.1) is 29.2 Å². The van der Waals surface area contributed by atoms with E-state index in [2.05, 4.69) is 37.0 Å². The zero-order valence-corrected chi connectivity index (χ0v) is 17.1. The van der Waals surface area contributed by atoms with Gasteiger partial charge in [0.05, 0.1) is 11.5 Å². The molecular weight excluding hydrogens is 344 g/mol. The van der Waals surface area contributed by atoms with E-state index in [1.807, 2.05) is 18.5 Å². The van der Waals surface area contributed by atoms with Crippen molar-refractivity contribution in [1.29, 1.82) is 0 Å². The van der Waals surface area contributed by atoms with Gasteiger partial charge in [-0.25, -0.2) is 0 Å². The van der Waals surface area contributed by atoms with Gasteiger partial charge < -0.3 is 5.11 Å². The Hall–Kier alpha value is -1.92. The van der Waals surface area contributed by atoms with E-state index in [0.717, 1.165) is 38.5 Å². The summed E-state index contributed by atoms with van der Waals surface area (Å²) in [6.45, 7) is 11.1. The fourth-order valence-corrected chi connectivity index (χ4v) is 7.43. The number of hydrogen-bond donors (Lipinski definition) is 1. The summed E-state index contributed by atoms with van der Waals surface area (Å²) in [6, 6.07) is 4.19. The van der Waals surface area contributed by atoms with Gasteiger partial charge in [0, 0.05) is 24.7 Å². The van der Waals surface area contributed by atoms with Crippen LogP contribution in [0.4, 0.5) is 0 Å². The van der Waals surface area contributed by atoms with Gasteiger partial charge in [0.25, 0.3) is 12.1 Å². The molecule has 0 saturated heterocycles. The van der Waals surface area contributed by atoms with Gasteiger partial charge >= 0.3 is 0 Å². The van der Waals surface area contributed by atoms with E-state index in [1.165, 1.54) is 23.1 Å². The molecule has 3 nitrogen and oxygen atoms in total. The van der Waals surface area contributed by atoms with Gasteiger partial charge in [-0.2, -0.15) is 0 Å². The van der Waals surface area contributed by atoms with Crippen molar-refractivity contribution in [2.24, 2.45) is 22.7 Å². The maximum atomic E-state index is 10.2. The van der Waals surface area contributed by atoms with Crippen LogP contribution in [-0.2, 0) is 0 Å². The van der Waals surface area contributed by atoms with E-state index in [1.54, 1.807) is 0 Å². The number of hydrogen-bond acceptors (Lipinski definition) is 2. The second-order valence-corrected chi connectivity index (χ2v) is 9.98. The van der Waals surface area contributed by atoms with Crippen LogP contribution in [0.25, 0.3) is 10.4 Å². The normalized spacial score (nSPS) is 44.4. The number of pyridine rings is 1. The molecule has 4 aliphatic rings. The third-order valence-corrected chi connectivity index (χ3v) is 9.05. The molecular formula is C25H31N2O+. The van der Waals surface area contributed by atoms with Gasteiger partial charge in [0.1, 0.15) is 0 Å². The van der Waals surface area contributed by atoms with Crippen LogP contribution >= 0.6 is 0 Å². The van der Waals surface area contributed by atoms with Gasteiger partial charge in [-0.15, -0.1) is 0 Å². The topological polar surface area (TPSA) is 37.5 Å². The van der Waals surface area contributed by atoms with Crippen LogP contribution in [0.2, 0.25) is 0 Å². The second-order valence-electron chi connectivity index (χ2n) is 9.98. The minimum absolute atomic E-state index is 0.0398. The van der Waals surface area contributed by atoms with E-state index >= 15 is 0 Å². The van der Waals surface area contributed by atoms with Crippen LogP contribution in [0.3, 0.4) is 0 Å². The highest BCUT2D eigenvalue weighted by atomic mass is 16.3. The van der Waals surface area contributed by atoms with E-state index in [0.29, 0.717) is 11.8 Å². The van der Waals surface area contributed by atoms with Crippen LogP contribution in [0.15, 0.2) is 42.3 Å². The molecule has 28 heavy (non-hydrogen) atoms. The largest absolute Gasteiger partial charge is 0.393 e. The van der Waals surface area contributed by atoms with E-state index in [9.17, 15) is 5.11 Å². The highest BCUT2D eigenvalue weighted by molar-refractivity contribution is 5.75. The Morgan fingerprint density at radius 3 is 2.79 bits per heavy atom. The summed E-state index contributed by atoms with van der Waals surface area (Å²) in [5.41, 5.74) is 4.00. The monoisotopic (exact) mass is 375 g/mol. The van der Waals surface area contributed by atoms with E-state index in [4.69, 9.17) is 11.4 Å². The quantitative estimate of drug-likeness (QED) is 0.660. The SMILES string of the molecule is C#[N+][C@@]12CC=C(c3cccnc3)[C@@]1(C)CC[C@H]1[C@H]2CC=C2C[C@@H](O)CC[C@@]21C. The molecule has 0 bridgehead atoms. The molecule has 0 unspecified atom stereocenters. The average molecular weight is 376 g/mol. The molecule has 1 aromatic rings. The lowest BCUT2D eigenvalue weighted by Gasteiger charge is -2.56. The van der Waals surface area contributed by atoms with Crippen molar-refractivity contribution < 1.29 is 5.11 Å². The fraction of sp³-hybridized carbons (Fsp3) is 0.600. The average Bonchev–Trinajstić information content (AvgIpc) is 3.02. The molecule has 3 heteroatoms. The van der Waals surface area contributed by atoms with Crippen molar-refractivity contribution in [3.8, 4) is 6.57 Å². The zero-order chi connectivity index (χ0) is 19.6. The molecule has 1 aromatic heterocycles. The predicted molar refractivity (Wildman–Crippen MR) is 113 cm³/mol. The summed E-state index contributed by atoms with van der Waals surface area (Å²) >= 11 is 0. The summed E-state index contributed by atoms with van der Waals surface area (Å²) < 4.78 is 0. The summed E-state index contributed by atoms with van der Waals surface area (Å²) in [5, 5.41) is 10.2. The first-order chi connectivity index (χ1) is 13.4. The fourth-order valence-electron chi connectivity index (χ4n) is 7.43. The lowest BCUT2D eigenvalue weighted by Crippen LogP contribution is -2.58. The minimum atomic E-state index is -0.234. The first-order valence-corrected chi connectivity index (χ1v) is 10.9. The third-order valence-electron chi connectivity index (χ3n) is 9.05. The Kier molecular flexibility index (Phi) is 3.91. The van der Waals surface area contributed by atoms with E-state index in [-0.39, 0.29) is 22.5 Å². The lowest BCUT2D eigenvalue weighted by atomic mass is 9.44. The van der Waals surface area contributed by atoms with Crippen molar-refractivity contribution in [2.75, 3.05) is 0 Å². The van der Waals surface area contributed by atoms with Crippen LogP contribution in [0.5, 0.6) is 0 Å². The summed E-state index contributed by atoms with van der Waals surface area (Å²) in [7, 11) is 0. The Bertz CT molecular complexity index is 897. The number of aliphatic hydroxyl groups is 1. The number of nitrogens with zero attached hydrogens (tertiary/aromatic N) is 2. The Labute approximate surface area is 168 Å². The van der Waals surface area contributed by atoms with Gasteiger partial charge in [0.2, 0.25) is 0 Å². The number of rotatable bonds is 1. The maximum absolute atomic E-state index is 10.2. The molecule has 0 spiro atoms. The lowest BCUT2D eigenvalue weighted by molar-refractivity contribution is -0.0242. The maximum Gasteiger partial charge on any atom is 0.296 e. The van der Waals surface area contributed by atoms with Gasteiger partial charge in [-0.1, -0.05) is 35.6 Å². The Morgan fingerprint density at radius 2 is 2.04 bits per heavy atom. The molecule has 2 saturated carbocycles. The van der Waals surface area contributed by atoms with Crippen molar-refractivity contribution in [3.63, 3.8) is 0 Å².